The molecule has 168 valence electrons. The number of benzene rings is 2. The highest BCUT2D eigenvalue weighted by Gasteiger charge is 2.26. The summed E-state index contributed by atoms with van der Waals surface area (Å²) in [5.41, 5.74) is 5.94. The fourth-order valence-corrected chi connectivity index (χ4v) is 4.48. The predicted octanol–water partition coefficient (Wildman–Crippen LogP) is 4.54. The van der Waals surface area contributed by atoms with Crippen molar-refractivity contribution < 1.29 is 9.53 Å². The smallest absolute Gasteiger partial charge is 0.309 e. The summed E-state index contributed by atoms with van der Waals surface area (Å²) in [4.78, 5) is 29.8. The number of aromatic amines is 1. The number of fused-ring (bicyclic) bond motifs is 1. The van der Waals surface area contributed by atoms with Gasteiger partial charge in [-0.3, -0.25) is 9.59 Å². The number of nitrogens with one attached hydrogen (secondary N) is 2. The first-order chi connectivity index (χ1) is 15.4. The minimum absolute atomic E-state index is 0.0137. The third kappa shape index (κ3) is 4.79. The number of hydrogen-bond acceptors (Lipinski definition) is 5. The Hall–Kier alpha value is -3.28. The summed E-state index contributed by atoms with van der Waals surface area (Å²) in [5, 5.41) is 4.42. The summed E-state index contributed by atoms with van der Waals surface area (Å²) in [6.45, 7) is 8.53. The van der Waals surface area contributed by atoms with Crippen molar-refractivity contribution >= 4 is 28.2 Å². The molecule has 3 aromatic rings. The average Bonchev–Trinajstić information content (AvgIpc) is 2.79. The summed E-state index contributed by atoms with van der Waals surface area (Å²) in [7, 11) is 0. The van der Waals surface area contributed by atoms with Crippen molar-refractivity contribution in [1.29, 1.82) is 0 Å². The molecule has 4 rings (SSSR count). The zero-order chi connectivity index (χ0) is 22.7. The van der Waals surface area contributed by atoms with Crippen molar-refractivity contribution in [3.05, 3.63) is 69.5 Å². The number of hydrogen-bond donors (Lipinski definition) is 2. The molecule has 1 fully saturated rings. The van der Waals surface area contributed by atoms with E-state index in [2.05, 4.69) is 46.4 Å². The molecule has 0 unspecified atom stereocenters. The number of carbonyl (C=O) groups is 1. The number of anilines is 2. The first-order valence-corrected chi connectivity index (χ1v) is 11.3. The van der Waals surface area contributed by atoms with Crippen molar-refractivity contribution in [3.8, 4) is 0 Å². The van der Waals surface area contributed by atoms with Crippen LogP contribution < -0.4 is 15.8 Å². The van der Waals surface area contributed by atoms with Crippen LogP contribution in [0.2, 0.25) is 0 Å². The molecule has 0 atom stereocenters. The number of piperidine rings is 1. The molecule has 0 bridgehead atoms. The molecule has 1 aromatic heterocycles. The van der Waals surface area contributed by atoms with E-state index in [0.717, 1.165) is 53.8 Å². The van der Waals surface area contributed by atoms with Gasteiger partial charge in [-0.1, -0.05) is 11.6 Å². The molecule has 0 amide bonds. The van der Waals surface area contributed by atoms with Crippen LogP contribution >= 0.6 is 0 Å². The third-order valence-corrected chi connectivity index (χ3v) is 6.20. The second kappa shape index (κ2) is 9.47. The van der Waals surface area contributed by atoms with Crippen LogP contribution in [0.3, 0.4) is 0 Å². The molecular formula is C26H31N3O3. The Balaban J connectivity index is 1.38. The second-order valence-electron chi connectivity index (χ2n) is 8.58. The molecule has 6 nitrogen and oxygen atoms in total. The SMILES string of the molecule is CCOC(=O)C1CCN(c2ccc(NCc3cc4cc(C)cc(C)c4[nH]c3=O)cc2)CC1. The summed E-state index contributed by atoms with van der Waals surface area (Å²) in [6.07, 6.45) is 1.64. The number of H-pyrrole nitrogens is 1. The number of esters is 1. The van der Waals surface area contributed by atoms with E-state index in [1.165, 1.54) is 5.56 Å². The van der Waals surface area contributed by atoms with Crippen molar-refractivity contribution in [2.45, 2.75) is 40.2 Å². The van der Waals surface area contributed by atoms with E-state index in [-0.39, 0.29) is 17.4 Å². The van der Waals surface area contributed by atoms with Crippen LogP contribution in [0.5, 0.6) is 0 Å². The number of nitrogens with zero attached hydrogens (tertiary/aromatic N) is 1. The van der Waals surface area contributed by atoms with E-state index < -0.39 is 0 Å². The summed E-state index contributed by atoms with van der Waals surface area (Å²) in [6, 6.07) is 14.4. The van der Waals surface area contributed by atoms with Crippen molar-refractivity contribution in [1.82, 2.24) is 4.98 Å². The van der Waals surface area contributed by atoms with E-state index >= 15 is 0 Å². The summed E-state index contributed by atoms with van der Waals surface area (Å²) < 4.78 is 5.15. The number of ether oxygens (including phenoxy) is 1. The average molecular weight is 434 g/mol. The summed E-state index contributed by atoms with van der Waals surface area (Å²) >= 11 is 0. The molecule has 0 spiro atoms. The lowest BCUT2D eigenvalue weighted by molar-refractivity contribution is -0.148. The first kappa shape index (κ1) is 21.9. The van der Waals surface area contributed by atoms with Crippen LogP contribution in [0.1, 0.15) is 36.5 Å². The molecule has 32 heavy (non-hydrogen) atoms. The minimum Gasteiger partial charge on any atom is -0.466 e. The first-order valence-electron chi connectivity index (χ1n) is 11.3. The van der Waals surface area contributed by atoms with E-state index in [4.69, 9.17) is 4.74 Å². The van der Waals surface area contributed by atoms with Crippen molar-refractivity contribution in [2.75, 3.05) is 29.9 Å². The topological polar surface area (TPSA) is 74.4 Å². The van der Waals surface area contributed by atoms with Gasteiger partial charge < -0.3 is 19.9 Å². The summed E-state index contributed by atoms with van der Waals surface area (Å²) in [5.74, 6) is -0.0551. The zero-order valence-corrected chi connectivity index (χ0v) is 19.0. The molecule has 1 saturated heterocycles. The molecule has 0 aliphatic carbocycles. The Morgan fingerprint density at radius 1 is 1.12 bits per heavy atom. The van der Waals surface area contributed by atoms with E-state index in [0.29, 0.717) is 18.7 Å². The highest BCUT2D eigenvalue weighted by Crippen LogP contribution is 2.25. The van der Waals surface area contributed by atoms with Gasteiger partial charge in [-0.15, -0.1) is 0 Å². The quantitative estimate of drug-likeness (QED) is 0.559. The van der Waals surface area contributed by atoms with Crippen molar-refractivity contribution in [2.24, 2.45) is 5.92 Å². The Kier molecular flexibility index (Phi) is 6.49. The van der Waals surface area contributed by atoms with Gasteiger partial charge in [0, 0.05) is 36.6 Å². The van der Waals surface area contributed by atoms with Gasteiger partial charge in [-0.25, -0.2) is 0 Å². The molecule has 2 heterocycles. The maximum absolute atomic E-state index is 12.5. The van der Waals surface area contributed by atoms with Gasteiger partial charge in [0.25, 0.3) is 5.56 Å². The molecule has 0 saturated carbocycles. The largest absolute Gasteiger partial charge is 0.466 e. The van der Waals surface area contributed by atoms with Crippen LogP contribution in [0.25, 0.3) is 10.9 Å². The number of aromatic nitrogens is 1. The molecule has 2 N–H and O–H groups in total. The van der Waals surface area contributed by atoms with Crippen LogP contribution in [-0.2, 0) is 16.1 Å². The van der Waals surface area contributed by atoms with Gasteiger partial charge in [0.05, 0.1) is 18.0 Å². The Morgan fingerprint density at radius 3 is 2.53 bits per heavy atom. The number of pyridine rings is 1. The fourth-order valence-electron chi connectivity index (χ4n) is 4.48. The highest BCUT2D eigenvalue weighted by molar-refractivity contribution is 5.83. The van der Waals surface area contributed by atoms with Gasteiger partial charge in [-0.05, 0) is 81.0 Å². The number of carbonyl (C=O) groups excluding carboxylic acids is 1. The molecule has 1 aliphatic rings. The van der Waals surface area contributed by atoms with E-state index in [1.54, 1.807) is 0 Å². The van der Waals surface area contributed by atoms with Gasteiger partial charge in [0.2, 0.25) is 0 Å². The molecular weight excluding hydrogens is 402 g/mol. The van der Waals surface area contributed by atoms with Crippen molar-refractivity contribution in [3.63, 3.8) is 0 Å². The fraction of sp³-hybridized carbons (Fsp3) is 0.385. The maximum Gasteiger partial charge on any atom is 0.309 e. The number of rotatable bonds is 6. The van der Waals surface area contributed by atoms with Crippen LogP contribution in [0.4, 0.5) is 11.4 Å². The minimum atomic E-state index is -0.0688. The lowest BCUT2D eigenvalue weighted by Gasteiger charge is -2.32. The maximum atomic E-state index is 12.5. The molecule has 1 aliphatic heterocycles. The Morgan fingerprint density at radius 2 is 1.84 bits per heavy atom. The molecule has 2 aromatic carbocycles. The van der Waals surface area contributed by atoms with E-state index in [1.807, 2.05) is 32.0 Å². The normalized spacial score (nSPS) is 14.5. The van der Waals surface area contributed by atoms with Crippen LogP contribution in [-0.4, -0.2) is 30.6 Å². The molecule has 6 heteroatoms. The zero-order valence-electron chi connectivity index (χ0n) is 19.0. The van der Waals surface area contributed by atoms with Gasteiger partial charge in [0.15, 0.2) is 0 Å². The lowest BCUT2D eigenvalue weighted by Crippen LogP contribution is -2.36. The lowest BCUT2D eigenvalue weighted by atomic mass is 9.96. The Labute approximate surface area is 188 Å². The standard InChI is InChI=1S/C26H31N3O3/c1-4-32-26(31)19-9-11-29(12-10-19)23-7-5-22(6-8-23)27-16-21-15-20-14-17(2)13-18(3)24(20)28-25(21)30/h5-8,13-15,19,27H,4,9-12,16H2,1-3H3,(H,28,30). The monoisotopic (exact) mass is 433 g/mol. The van der Waals surface area contributed by atoms with Crippen LogP contribution in [0, 0.1) is 19.8 Å². The highest BCUT2D eigenvalue weighted by atomic mass is 16.5. The predicted molar refractivity (Wildman–Crippen MR) is 129 cm³/mol. The van der Waals surface area contributed by atoms with Gasteiger partial charge >= 0.3 is 5.97 Å². The number of aryl methyl sites for hydroxylation is 2. The van der Waals surface area contributed by atoms with Gasteiger partial charge in [-0.2, -0.15) is 0 Å². The third-order valence-electron chi connectivity index (χ3n) is 6.20. The van der Waals surface area contributed by atoms with Crippen LogP contribution in [0.15, 0.2) is 47.3 Å². The van der Waals surface area contributed by atoms with E-state index in [9.17, 15) is 9.59 Å². The van der Waals surface area contributed by atoms with Gasteiger partial charge in [0.1, 0.15) is 0 Å². The Bertz CT molecular complexity index is 1160. The second-order valence-corrected chi connectivity index (χ2v) is 8.58. The molecule has 0 radical (unpaired) electrons.